The lowest BCUT2D eigenvalue weighted by Crippen LogP contribution is -1.92. The largest absolute Gasteiger partial charge is 0.244 e. The van der Waals surface area contributed by atoms with Gasteiger partial charge in [0.05, 0.1) is 0 Å². The molecule has 0 bridgehead atoms. The van der Waals surface area contributed by atoms with Crippen LogP contribution in [0.4, 0.5) is 0 Å². The lowest BCUT2D eigenvalue weighted by Gasteiger charge is -2.10. The Balaban J connectivity index is 2.84. The van der Waals surface area contributed by atoms with E-state index in [4.69, 9.17) is 23.2 Å². The molecule has 0 saturated carbocycles. The van der Waals surface area contributed by atoms with E-state index >= 15 is 0 Å². The molecule has 1 heterocycles. The van der Waals surface area contributed by atoms with Crippen LogP contribution in [0.5, 0.6) is 0 Å². The lowest BCUT2D eigenvalue weighted by atomic mass is 9.99. The zero-order valence-corrected chi connectivity index (χ0v) is 10.1. The van der Waals surface area contributed by atoms with E-state index in [9.17, 15) is 0 Å². The van der Waals surface area contributed by atoms with E-state index < -0.39 is 0 Å². The van der Waals surface area contributed by atoms with Crippen molar-refractivity contribution in [2.45, 2.75) is 19.8 Å². The van der Waals surface area contributed by atoms with Crippen molar-refractivity contribution in [2.75, 3.05) is 0 Å². The van der Waals surface area contributed by atoms with Crippen molar-refractivity contribution in [1.82, 2.24) is 4.98 Å². The van der Waals surface area contributed by atoms with Crippen LogP contribution >= 0.6 is 23.2 Å². The molecule has 0 aliphatic rings. The number of aromatic nitrogens is 1. The highest BCUT2D eigenvalue weighted by Gasteiger charge is 2.09. The Bertz CT molecular complexity index is 506. The summed E-state index contributed by atoms with van der Waals surface area (Å²) < 4.78 is 0. The summed E-state index contributed by atoms with van der Waals surface area (Å²) in [5, 5.41) is 3.32. The van der Waals surface area contributed by atoms with Crippen LogP contribution in [-0.2, 0) is 0 Å². The second kappa shape index (κ2) is 3.99. The Kier molecular flexibility index (Phi) is 2.85. The Labute approximate surface area is 99.0 Å². The molecule has 0 fully saturated rings. The number of pyridine rings is 1. The number of rotatable bonds is 1. The van der Waals surface area contributed by atoms with Gasteiger partial charge in [-0.25, -0.2) is 4.98 Å². The van der Waals surface area contributed by atoms with Crippen molar-refractivity contribution < 1.29 is 0 Å². The van der Waals surface area contributed by atoms with E-state index in [-0.39, 0.29) is 0 Å². The van der Waals surface area contributed by atoms with Gasteiger partial charge >= 0.3 is 0 Å². The summed E-state index contributed by atoms with van der Waals surface area (Å²) in [5.41, 5.74) is 1.18. The highest BCUT2D eigenvalue weighted by atomic mass is 35.5. The summed E-state index contributed by atoms with van der Waals surface area (Å²) in [6.45, 7) is 4.26. The Hall–Kier alpha value is -0.790. The number of halogens is 2. The SMILES string of the molecule is CC(C)c1cnc(Cl)c2ccc(Cl)cc12. The maximum absolute atomic E-state index is 6.03. The average Bonchev–Trinajstić information content (AvgIpc) is 2.17. The first-order valence-corrected chi connectivity index (χ1v) is 5.59. The van der Waals surface area contributed by atoms with E-state index in [0.717, 1.165) is 15.8 Å². The van der Waals surface area contributed by atoms with Crippen LogP contribution in [0.15, 0.2) is 24.4 Å². The molecular formula is C12H11Cl2N. The number of fused-ring (bicyclic) bond motifs is 1. The number of benzene rings is 1. The zero-order valence-electron chi connectivity index (χ0n) is 8.59. The Morgan fingerprint density at radius 1 is 1.13 bits per heavy atom. The van der Waals surface area contributed by atoms with Crippen LogP contribution in [0.3, 0.4) is 0 Å². The van der Waals surface area contributed by atoms with Crippen LogP contribution in [0, 0.1) is 0 Å². The molecule has 2 aromatic rings. The third kappa shape index (κ3) is 1.95. The van der Waals surface area contributed by atoms with Gasteiger partial charge in [0.15, 0.2) is 0 Å². The fourth-order valence-corrected chi connectivity index (χ4v) is 2.05. The smallest absolute Gasteiger partial charge is 0.136 e. The fourth-order valence-electron chi connectivity index (χ4n) is 1.66. The quantitative estimate of drug-likeness (QED) is 0.660. The highest BCUT2D eigenvalue weighted by Crippen LogP contribution is 2.30. The van der Waals surface area contributed by atoms with Crippen molar-refractivity contribution in [2.24, 2.45) is 0 Å². The Morgan fingerprint density at radius 3 is 2.53 bits per heavy atom. The van der Waals surface area contributed by atoms with Gasteiger partial charge in [0.25, 0.3) is 0 Å². The molecule has 0 radical (unpaired) electrons. The third-order valence-electron chi connectivity index (χ3n) is 2.45. The minimum absolute atomic E-state index is 0.413. The number of hydrogen-bond acceptors (Lipinski definition) is 1. The van der Waals surface area contributed by atoms with Gasteiger partial charge in [-0.2, -0.15) is 0 Å². The Morgan fingerprint density at radius 2 is 1.87 bits per heavy atom. The number of nitrogens with zero attached hydrogens (tertiary/aromatic N) is 1. The summed E-state index contributed by atoms with van der Waals surface area (Å²) in [7, 11) is 0. The van der Waals surface area contributed by atoms with E-state index in [0.29, 0.717) is 11.1 Å². The maximum Gasteiger partial charge on any atom is 0.136 e. The molecule has 1 nitrogen and oxygen atoms in total. The average molecular weight is 240 g/mol. The second-order valence-electron chi connectivity index (χ2n) is 3.85. The fraction of sp³-hybridized carbons (Fsp3) is 0.250. The predicted octanol–water partition coefficient (Wildman–Crippen LogP) is 4.67. The van der Waals surface area contributed by atoms with Gasteiger partial charge in [-0.3, -0.25) is 0 Å². The van der Waals surface area contributed by atoms with Gasteiger partial charge in [-0.05, 0) is 35.1 Å². The van der Waals surface area contributed by atoms with Crippen LogP contribution in [0.1, 0.15) is 25.3 Å². The monoisotopic (exact) mass is 239 g/mol. The molecule has 0 aliphatic carbocycles. The standard InChI is InChI=1S/C12H11Cl2N/c1-7(2)11-6-15-12(14)9-4-3-8(13)5-10(9)11/h3-7H,1-2H3. The van der Waals surface area contributed by atoms with Crippen molar-refractivity contribution in [3.8, 4) is 0 Å². The lowest BCUT2D eigenvalue weighted by molar-refractivity contribution is 0.869. The predicted molar refractivity (Wildman–Crippen MR) is 65.9 cm³/mol. The van der Waals surface area contributed by atoms with E-state index in [2.05, 4.69) is 18.8 Å². The van der Waals surface area contributed by atoms with Gasteiger partial charge in [0, 0.05) is 16.6 Å². The van der Waals surface area contributed by atoms with Gasteiger partial charge in [0.2, 0.25) is 0 Å². The van der Waals surface area contributed by atoms with Crippen molar-refractivity contribution in [1.29, 1.82) is 0 Å². The van der Waals surface area contributed by atoms with Crippen LogP contribution < -0.4 is 0 Å². The highest BCUT2D eigenvalue weighted by molar-refractivity contribution is 6.35. The molecule has 0 aliphatic heterocycles. The molecule has 1 aromatic carbocycles. The molecular weight excluding hydrogens is 229 g/mol. The van der Waals surface area contributed by atoms with Crippen molar-refractivity contribution in [3.05, 3.63) is 40.1 Å². The molecule has 3 heteroatoms. The normalized spacial score (nSPS) is 11.3. The van der Waals surface area contributed by atoms with Crippen molar-refractivity contribution >= 4 is 34.0 Å². The van der Waals surface area contributed by atoms with Crippen LogP contribution in [0.25, 0.3) is 10.8 Å². The first-order chi connectivity index (χ1) is 7.09. The van der Waals surface area contributed by atoms with Gasteiger partial charge < -0.3 is 0 Å². The minimum atomic E-state index is 0.413. The van der Waals surface area contributed by atoms with Crippen molar-refractivity contribution in [3.63, 3.8) is 0 Å². The second-order valence-corrected chi connectivity index (χ2v) is 4.64. The summed E-state index contributed by atoms with van der Waals surface area (Å²) >= 11 is 12.0. The molecule has 78 valence electrons. The molecule has 0 N–H and O–H groups in total. The molecule has 0 amide bonds. The molecule has 0 spiro atoms. The third-order valence-corrected chi connectivity index (χ3v) is 2.99. The first-order valence-electron chi connectivity index (χ1n) is 4.83. The van der Waals surface area contributed by atoms with Crippen LogP contribution in [-0.4, -0.2) is 4.98 Å². The van der Waals surface area contributed by atoms with E-state index in [1.807, 2.05) is 24.4 Å². The molecule has 0 atom stereocenters. The zero-order chi connectivity index (χ0) is 11.0. The first kappa shape index (κ1) is 10.7. The molecule has 2 rings (SSSR count). The molecule has 0 unspecified atom stereocenters. The molecule has 1 aromatic heterocycles. The molecule has 15 heavy (non-hydrogen) atoms. The maximum atomic E-state index is 6.03. The molecule has 0 saturated heterocycles. The summed E-state index contributed by atoms with van der Waals surface area (Å²) in [5.74, 6) is 0.413. The summed E-state index contributed by atoms with van der Waals surface area (Å²) in [4.78, 5) is 4.18. The van der Waals surface area contributed by atoms with E-state index in [1.165, 1.54) is 5.56 Å². The van der Waals surface area contributed by atoms with Gasteiger partial charge in [-0.1, -0.05) is 37.0 Å². The van der Waals surface area contributed by atoms with Gasteiger partial charge in [0.1, 0.15) is 5.15 Å². The van der Waals surface area contributed by atoms with E-state index in [1.54, 1.807) is 0 Å². The van der Waals surface area contributed by atoms with Crippen LogP contribution in [0.2, 0.25) is 10.2 Å². The summed E-state index contributed by atoms with van der Waals surface area (Å²) in [6, 6.07) is 5.69. The number of hydrogen-bond donors (Lipinski definition) is 0. The summed E-state index contributed by atoms with van der Waals surface area (Å²) in [6.07, 6.45) is 1.83. The minimum Gasteiger partial charge on any atom is -0.244 e. The van der Waals surface area contributed by atoms with Gasteiger partial charge in [-0.15, -0.1) is 0 Å². The topological polar surface area (TPSA) is 12.9 Å².